The quantitative estimate of drug-likeness (QED) is 0.223. The minimum absolute atomic E-state index is 1.07. The first-order valence-electron chi connectivity index (χ1n) is 14.3. The summed E-state index contributed by atoms with van der Waals surface area (Å²) in [5, 5.41) is 8.74. The van der Waals surface area contributed by atoms with E-state index in [1.54, 1.807) is 0 Å². The molecule has 0 aliphatic rings. The van der Waals surface area contributed by atoms with Gasteiger partial charge in [-0.05, 0) is 92.7 Å². The van der Waals surface area contributed by atoms with Crippen LogP contribution < -0.4 is 5.32 Å². The summed E-state index contributed by atoms with van der Waals surface area (Å²) in [7, 11) is 0. The molecule has 0 atom stereocenters. The molecule has 0 fully saturated rings. The zero-order valence-electron chi connectivity index (χ0n) is 22.9. The van der Waals surface area contributed by atoms with Gasteiger partial charge in [-0.2, -0.15) is 0 Å². The van der Waals surface area contributed by atoms with Crippen molar-refractivity contribution in [2.24, 2.45) is 0 Å². The van der Waals surface area contributed by atoms with Gasteiger partial charge >= 0.3 is 0 Å². The summed E-state index contributed by atoms with van der Waals surface area (Å²) < 4.78 is 2.64. The third kappa shape index (κ3) is 4.52. The lowest BCUT2D eigenvalue weighted by atomic mass is 9.91. The number of anilines is 2. The van der Waals surface area contributed by atoms with Gasteiger partial charge in [0.05, 0.1) is 0 Å². The molecule has 7 aromatic carbocycles. The van der Waals surface area contributed by atoms with E-state index in [2.05, 4.69) is 163 Å². The van der Waals surface area contributed by atoms with Gasteiger partial charge in [0.2, 0.25) is 0 Å². The topological polar surface area (TPSA) is 12.0 Å². The van der Waals surface area contributed by atoms with Gasteiger partial charge in [0.25, 0.3) is 0 Å². The average Bonchev–Trinajstić information content (AvgIpc) is 3.43. The van der Waals surface area contributed by atoms with Gasteiger partial charge < -0.3 is 5.32 Å². The van der Waals surface area contributed by atoms with Crippen molar-refractivity contribution < 1.29 is 0 Å². The summed E-state index contributed by atoms with van der Waals surface area (Å²) in [5.74, 6) is 0. The van der Waals surface area contributed by atoms with E-state index >= 15 is 0 Å². The summed E-state index contributed by atoms with van der Waals surface area (Å²) in [4.78, 5) is 0. The number of hydrogen-bond donors (Lipinski definition) is 1. The highest BCUT2D eigenvalue weighted by molar-refractivity contribution is 7.25. The second-order valence-electron chi connectivity index (χ2n) is 10.7. The molecule has 8 aromatic rings. The van der Waals surface area contributed by atoms with E-state index < -0.39 is 0 Å². The first kappa shape index (κ1) is 24.6. The lowest BCUT2D eigenvalue weighted by molar-refractivity contribution is 1.53. The van der Waals surface area contributed by atoms with E-state index in [0.29, 0.717) is 0 Å². The van der Waals surface area contributed by atoms with Crippen LogP contribution in [0.4, 0.5) is 11.4 Å². The Kier molecular flexibility index (Phi) is 6.05. The normalized spacial score (nSPS) is 11.3. The maximum Gasteiger partial charge on any atom is 0.0384 e. The van der Waals surface area contributed by atoms with E-state index in [-0.39, 0.29) is 0 Å². The SMILES string of the molecule is c1ccc(-c2ccc(Nc3ccc(-c4cc5sc6ccccc6c5cc4-c4ccc5ccccc5c4)cc3)cc2)cc1. The number of nitrogens with one attached hydrogen (secondary N) is 1. The number of thiophene rings is 1. The highest BCUT2D eigenvalue weighted by Crippen LogP contribution is 2.42. The van der Waals surface area contributed by atoms with Crippen LogP contribution in [0.3, 0.4) is 0 Å². The van der Waals surface area contributed by atoms with Gasteiger partial charge in [0.15, 0.2) is 0 Å². The molecule has 1 N–H and O–H groups in total. The Labute approximate surface area is 249 Å². The molecular formula is C40H27NS. The fraction of sp³-hybridized carbons (Fsp3) is 0. The summed E-state index contributed by atoms with van der Waals surface area (Å²) in [5.41, 5.74) is 9.55. The predicted molar refractivity (Wildman–Crippen MR) is 183 cm³/mol. The van der Waals surface area contributed by atoms with Gasteiger partial charge in [0, 0.05) is 31.5 Å². The van der Waals surface area contributed by atoms with Crippen LogP contribution in [0.2, 0.25) is 0 Å². The number of fused-ring (bicyclic) bond motifs is 4. The third-order valence-corrected chi connectivity index (χ3v) is 9.19. The molecule has 1 nitrogen and oxygen atoms in total. The van der Waals surface area contributed by atoms with Crippen molar-refractivity contribution in [3.05, 3.63) is 158 Å². The Morgan fingerprint density at radius 1 is 0.357 bits per heavy atom. The predicted octanol–water partition coefficient (Wildman–Crippen LogP) is 12.0. The van der Waals surface area contributed by atoms with Crippen LogP contribution >= 0.6 is 11.3 Å². The van der Waals surface area contributed by atoms with Gasteiger partial charge in [-0.15, -0.1) is 11.3 Å². The van der Waals surface area contributed by atoms with Crippen molar-refractivity contribution in [1.82, 2.24) is 0 Å². The van der Waals surface area contributed by atoms with E-state index in [1.165, 1.54) is 64.3 Å². The van der Waals surface area contributed by atoms with Crippen molar-refractivity contribution >= 4 is 53.7 Å². The molecule has 0 saturated carbocycles. The van der Waals surface area contributed by atoms with Crippen LogP contribution in [-0.2, 0) is 0 Å². The molecule has 8 rings (SSSR count). The monoisotopic (exact) mass is 553 g/mol. The standard InChI is InChI=1S/C40H27NS/c1-2-8-27(9-3-1)29-16-20-33(21-17-29)41-34-22-18-30(19-23-34)37-26-40-38(35-12-6-7-13-39(35)42-40)25-36(37)32-15-14-28-10-4-5-11-31(28)24-32/h1-26,41H. The molecule has 0 saturated heterocycles. The number of benzene rings is 7. The molecule has 0 unspecified atom stereocenters. The fourth-order valence-corrected chi connectivity index (χ4v) is 7.01. The van der Waals surface area contributed by atoms with Crippen molar-refractivity contribution in [3.8, 4) is 33.4 Å². The molecule has 198 valence electrons. The maximum absolute atomic E-state index is 3.58. The molecule has 1 heterocycles. The van der Waals surface area contributed by atoms with Crippen LogP contribution in [-0.4, -0.2) is 0 Å². The molecule has 0 aliphatic carbocycles. The maximum atomic E-state index is 3.58. The first-order valence-corrected chi connectivity index (χ1v) is 15.1. The van der Waals surface area contributed by atoms with Crippen LogP contribution in [0.5, 0.6) is 0 Å². The fourth-order valence-electron chi connectivity index (χ4n) is 5.88. The molecule has 0 aliphatic heterocycles. The summed E-state index contributed by atoms with van der Waals surface area (Å²) >= 11 is 1.87. The van der Waals surface area contributed by atoms with E-state index in [4.69, 9.17) is 0 Å². The Morgan fingerprint density at radius 2 is 0.952 bits per heavy atom. The number of hydrogen-bond acceptors (Lipinski definition) is 2. The van der Waals surface area contributed by atoms with Crippen LogP contribution in [0.1, 0.15) is 0 Å². The lowest BCUT2D eigenvalue weighted by Gasteiger charge is -2.14. The van der Waals surface area contributed by atoms with Crippen LogP contribution in [0.15, 0.2) is 158 Å². The third-order valence-electron chi connectivity index (χ3n) is 8.05. The molecule has 2 heteroatoms. The Bertz CT molecular complexity index is 2190. The van der Waals surface area contributed by atoms with Gasteiger partial charge in [-0.25, -0.2) is 0 Å². The zero-order chi connectivity index (χ0) is 27.9. The summed E-state index contributed by atoms with van der Waals surface area (Å²) in [6.45, 7) is 0. The summed E-state index contributed by atoms with van der Waals surface area (Å²) in [6.07, 6.45) is 0. The minimum Gasteiger partial charge on any atom is -0.356 e. The van der Waals surface area contributed by atoms with Crippen LogP contribution in [0, 0.1) is 0 Å². The number of rotatable bonds is 5. The van der Waals surface area contributed by atoms with Gasteiger partial charge in [-0.3, -0.25) is 0 Å². The molecule has 0 amide bonds. The first-order chi connectivity index (χ1) is 20.8. The molecule has 0 radical (unpaired) electrons. The Morgan fingerprint density at radius 3 is 1.74 bits per heavy atom. The minimum atomic E-state index is 1.07. The Hall–Kier alpha value is -5.18. The zero-order valence-corrected chi connectivity index (χ0v) is 23.7. The molecule has 42 heavy (non-hydrogen) atoms. The second-order valence-corrected chi connectivity index (χ2v) is 11.8. The molecular weight excluding hydrogens is 527 g/mol. The van der Waals surface area contributed by atoms with Crippen molar-refractivity contribution in [2.75, 3.05) is 5.32 Å². The van der Waals surface area contributed by atoms with Crippen molar-refractivity contribution in [1.29, 1.82) is 0 Å². The van der Waals surface area contributed by atoms with Crippen molar-refractivity contribution in [3.63, 3.8) is 0 Å². The molecule has 0 bridgehead atoms. The smallest absolute Gasteiger partial charge is 0.0384 e. The largest absolute Gasteiger partial charge is 0.356 e. The van der Waals surface area contributed by atoms with Gasteiger partial charge in [0.1, 0.15) is 0 Å². The van der Waals surface area contributed by atoms with Crippen LogP contribution in [0.25, 0.3) is 64.3 Å². The summed E-state index contributed by atoms with van der Waals surface area (Å²) in [6, 6.07) is 56.9. The van der Waals surface area contributed by atoms with E-state index in [1.807, 2.05) is 11.3 Å². The van der Waals surface area contributed by atoms with Gasteiger partial charge in [-0.1, -0.05) is 109 Å². The van der Waals surface area contributed by atoms with Crippen molar-refractivity contribution in [2.45, 2.75) is 0 Å². The lowest BCUT2D eigenvalue weighted by Crippen LogP contribution is -1.91. The highest BCUT2D eigenvalue weighted by atomic mass is 32.1. The van der Waals surface area contributed by atoms with E-state index in [0.717, 1.165) is 11.4 Å². The Balaban J connectivity index is 1.18. The molecule has 1 aromatic heterocycles. The highest BCUT2D eigenvalue weighted by Gasteiger charge is 2.14. The van der Waals surface area contributed by atoms with E-state index in [9.17, 15) is 0 Å². The molecule has 0 spiro atoms. The second kappa shape index (κ2) is 10.3. The average molecular weight is 554 g/mol.